The van der Waals surface area contributed by atoms with E-state index in [1.807, 2.05) is 6.07 Å². The van der Waals surface area contributed by atoms with Crippen molar-refractivity contribution in [2.75, 3.05) is 19.6 Å². The lowest BCUT2D eigenvalue weighted by Gasteiger charge is -2.47. The standard InChI is InChI=1S/C15H20N2O/c16-13-9-15(6-8-17-7-5-11(15)10-17)18-14-4-2-1-3-12(13)14/h1-4,11,13H,5-10,16H2. The van der Waals surface area contributed by atoms with Gasteiger partial charge in [0.15, 0.2) is 0 Å². The van der Waals surface area contributed by atoms with Crippen LogP contribution in [0.2, 0.25) is 0 Å². The Bertz CT molecular complexity index is 475. The van der Waals surface area contributed by atoms with Crippen molar-refractivity contribution in [2.45, 2.75) is 30.9 Å². The van der Waals surface area contributed by atoms with Gasteiger partial charge in [-0.25, -0.2) is 0 Å². The highest BCUT2D eigenvalue weighted by Gasteiger charge is 2.51. The first kappa shape index (κ1) is 10.8. The van der Waals surface area contributed by atoms with Crippen molar-refractivity contribution < 1.29 is 4.74 Å². The van der Waals surface area contributed by atoms with E-state index in [4.69, 9.17) is 10.5 Å². The lowest BCUT2D eigenvalue weighted by atomic mass is 9.75. The highest BCUT2D eigenvalue weighted by molar-refractivity contribution is 5.39. The normalized spacial score (nSPS) is 41.5. The predicted molar refractivity (Wildman–Crippen MR) is 70.5 cm³/mol. The minimum absolute atomic E-state index is 0.0147. The van der Waals surface area contributed by atoms with Crippen molar-refractivity contribution >= 4 is 0 Å². The number of para-hydroxylation sites is 1. The second-order valence-corrected chi connectivity index (χ2v) is 6.05. The molecule has 96 valence electrons. The third-order valence-electron chi connectivity index (χ3n) is 5.06. The highest BCUT2D eigenvalue weighted by atomic mass is 16.5. The molecular weight excluding hydrogens is 224 g/mol. The van der Waals surface area contributed by atoms with Crippen LogP contribution in [0.3, 0.4) is 0 Å². The van der Waals surface area contributed by atoms with Gasteiger partial charge in [-0.15, -0.1) is 0 Å². The number of nitrogens with zero attached hydrogens (tertiary/aromatic N) is 1. The summed E-state index contributed by atoms with van der Waals surface area (Å²) in [5, 5.41) is 0. The molecule has 3 heterocycles. The van der Waals surface area contributed by atoms with E-state index in [2.05, 4.69) is 23.1 Å². The van der Waals surface area contributed by atoms with Crippen LogP contribution in [-0.2, 0) is 0 Å². The summed E-state index contributed by atoms with van der Waals surface area (Å²) in [7, 11) is 0. The number of rotatable bonds is 0. The van der Waals surface area contributed by atoms with Gasteiger partial charge < -0.3 is 15.4 Å². The highest BCUT2D eigenvalue weighted by Crippen LogP contribution is 2.48. The average molecular weight is 244 g/mol. The maximum atomic E-state index is 6.45. The van der Waals surface area contributed by atoms with E-state index in [1.54, 1.807) is 0 Å². The predicted octanol–water partition coefficient (Wildman–Crippen LogP) is 1.93. The monoisotopic (exact) mass is 244 g/mol. The van der Waals surface area contributed by atoms with Gasteiger partial charge in [0, 0.05) is 43.5 Å². The first-order valence-corrected chi connectivity index (χ1v) is 7.03. The molecule has 2 fully saturated rings. The number of fused-ring (bicyclic) bond motifs is 4. The number of benzene rings is 1. The van der Waals surface area contributed by atoms with Crippen LogP contribution < -0.4 is 10.5 Å². The Labute approximate surface area is 108 Å². The summed E-state index contributed by atoms with van der Waals surface area (Å²) in [6, 6.07) is 8.43. The molecule has 0 amide bonds. The number of hydrogen-bond acceptors (Lipinski definition) is 3. The molecule has 2 bridgehead atoms. The zero-order chi connectivity index (χ0) is 12.2. The second kappa shape index (κ2) is 3.72. The topological polar surface area (TPSA) is 38.5 Å². The van der Waals surface area contributed by atoms with Crippen molar-refractivity contribution in [3.05, 3.63) is 29.8 Å². The van der Waals surface area contributed by atoms with E-state index in [9.17, 15) is 0 Å². The molecule has 0 radical (unpaired) electrons. The first-order valence-electron chi connectivity index (χ1n) is 7.03. The molecule has 2 N–H and O–H groups in total. The van der Waals surface area contributed by atoms with Crippen molar-refractivity contribution in [1.29, 1.82) is 0 Å². The molecule has 1 aromatic rings. The summed E-state index contributed by atoms with van der Waals surface area (Å²) in [5.74, 6) is 1.70. The van der Waals surface area contributed by atoms with Crippen molar-refractivity contribution in [2.24, 2.45) is 11.7 Å². The molecule has 3 nitrogen and oxygen atoms in total. The van der Waals surface area contributed by atoms with Crippen LogP contribution in [0.5, 0.6) is 5.75 Å². The van der Waals surface area contributed by atoms with Crippen molar-refractivity contribution in [3.8, 4) is 5.75 Å². The van der Waals surface area contributed by atoms with Gasteiger partial charge in [0.1, 0.15) is 11.4 Å². The van der Waals surface area contributed by atoms with Crippen LogP contribution in [0.1, 0.15) is 30.9 Å². The van der Waals surface area contributed by atoms with Gasteiger partial charge in [-0.1, -0.05) is 18.2 Å². The van der Waals surface area contributed by atoms with Crippen LogP contribution in [0.25, 0.3) is 0 Å². The zero-order valence-corrected chi connectivity index (χ0v) is 10.6. The molecule has 3 aliphatic heterocycles. The van der Waals surface area contributed by atoms with Crippen molar-refractivity contribution in [3.63, 3.8) is 0 Å². The lowest BCUT2D eigenvalue weighted by molar-refractivity contribution is -0.0439. The van der Waals surface area contributed by atoms with E-state index in [0.29, 0.717) is 5.92 Å². The molecular formula is C15H20N2O. The van der Waals surface area contributed by atoms with Gasteiger partial charge in [0.25, 0.3) is 0 Å². The van der Waals surface area contributed by atoms with Crippen LogP contribution in [0.4, 0.5) is 0 Å². The number of hydrogen-bond donors (Lipinski definition) is 1. The summed E-state index contributed by atoms with van der Waals surface area (Å²) in [6.07, 6.45) is 3.40. The van der Waals surface area contributed by atoms with Gasteiger partial charge in [-0.05, 0) is 19.0 Å². The van der Waals surface area contributed by atoms with Crippen LogP contribution in [0, 0.1) is 5.92 Å². The summed E-state index contributed by atoms with van der Waals surface area (Å²) >= 11 is 0. The quantitative estimate of drug-likeness (QED) is 0.758. The molecule has 0 aliphatic carbocycles. The molecule has 1 aromatic carbocycles. The van der Waals surface area contributed by atoms with Gasteiger partial charge in [0.2, 0.25) is 0 Å². The first-order chi connectivity index (χ1) is 8.77. The number of nitrogens with two attached hydrogens (primary N) is 1. The van der Waals surface area contributed by atoms with Crippen LogP contribution in [-0.4, -0.2) is 30.1 Å². The van der Waals surface area contributed by atoms with Crippen LogP contribution >= 0.6 is 0 Å². The summed E-state index contributed by atoms with van der Waals surface area (Å²) in [6.45, 7) is 3.62. The molecule has 4 atom stereocenters. The lowest BCUT2D eigenvalue weighted by Crippen LogP contribution is -2.53. The van der Waals surface area contributed by atoms with Gasteiger partial charge in [-0.2, -0.15) is 0 Å². The van der Waals surface area contributed by atoms with E-state index in [1.165, 1.54) is 31.6 Å². The molecule has 1 spiro atoms. The fourth-order valence-corrected chi connectivity index (χ4v) is 4.04. The van der Waals surface area contributed by atoms with Crippen LogP contribution in [0.15, 0.2) is 24.3 Å². The Hall–Kier alpha value is -1.06. The second-order valence-electron chi connectivity index (χ2n) is 6.05. The fourth-order valence-electron chi connectivity index (χ4n) is 4.04. The van der Waals surface area contributed by atoms with Crippen molar-refractivity contribution in [1.82, 2.24) is 4.90 Å². The Balaban J connectivity index is 1.72. The molecule has 18 heavy (non-hydrogen) atoms. The van der Waals surface area contributed by atoms with Gasteiger partial charge in [0.05, 0.1) is 0 Å². The largest absolute Gasteiger partial charge is 0.486 e. The Morgan fingerprint density at radius 3 is 3.11 bits per heavy atom. The van der Waals surface area contributed by atoms with E-state index in [-0.39, 0.29) is 11.6 Å². The Morgan fingerprint density at radius 1 is 1.28 bits per heavy atom. The maximum Gasteiger partial charge on any atom is 0.124 e. The van der Waals surface area contributed by atoms with Gasteiger partial charge >= 0.3 is 0 Å². The third-order valence-corrected chi connectivity index (χ3v) is 5.06. The summed E-state index contributed by atoms with van der Waals surface area (Å²) in [4.78, 5) is 2.56. The zero-order valence-electron chi connectivity index (χ0n) is 10.6. The smallest absolute Gasteiger partial charge is 0.124 e. The van der Waals surface area contributed by atoms with E-state index < -0.39 is 0 Å². The minimum Gasteiger partial charge on any atom is -0.486 e. The summed E-state index contributed by atoms with van der Waals surface area (Å²) < 4.78 is 6.45. The Kier molecular flexibility index (Phi) is 2.24. The average Bonchev–Trinajstić information content (AvgIpc) is 2.80. The van der Waals surface area contributed by atoms with E-state index in [0.717, 1.165) is 18.6 Å². The van der Waals surface area contributed by atoms with E-state index >= 15 is 0 Å². The SMILES string of the molecule is NC1CC2(CCN3CCC2C3)Oc2ccccc21. The number of ether oxygens (including phenoxy) is 1. The molecule has 2 saturated heterocycles. The number of piperidine rings is 1. The Morgan fingerprint density at radius 2 is 2.17 bits per heavy atom. The molecule has 4 rings (SSSR count). The maximum absolute atomic E-state index is 6.45. The third kappa shape index (κ3) is 1.44. The molecule has 4 unspecified atom stereocenters. The molecule has 0 aromatic heterocycles. The van der Waals surface area contributed by atoms with Gasteiger partial charge in [-0.3, -0.25) is 0 Å². The minimum atomic E-state index is 0.0147. The molecule has 0 saturated carbocycles. The molecule has 3 heteroatoms. The summed E-state index contributed by atoms with van der Waals surface area (Å²) in [5.41, 5.74) is 7.59. The fraction of sp³-hybridized carbons (Fsp3) is 0.600. The molecule has 3 aliphatic rings.